The third-order valence-corrected chi connectivity index (χ3v) is 5.20. The van der Waals surface area contributed by atoms with Crippen LogP contribution in [-0.4, -0.2) is 18.2 Å². The number of fused-ring (bicyclic) bond motifs is 1. The number of amides is 1. The van der Waals surface area contributed by atoms with Crippen molar-refractivity contribution in [1.29, 1.82) is 0 Å². The number of thioether (sulfide) groups is 1. The van der Waals surface area contributed by atoms with E-state index in [-0.39, 0.29) is 5.91 Å². The van der Waals surface area contributed by atoms with Gasteiger partial charge in [0, 0.05) is 22.6 Å². The number of benzene rings is 2. The Morgan fingerprint density at radius 1 is 1.25 bits per heavy atom. The fourth-order valence-electron chi connectivity index (χ4n) is 2.76. The van der Waals surface area contributed by atoms with E-state index in [2.05, 4.69) is 22.7 Å². The molecule has 8 heteroatoms. The minimum atomic E-state index is -0.392. The van der Waals surface area contributed by atoms with Gasteiger partial charge in [-0.3, -0.25) is 10.6 Å². The molecule has 0 aliphatic carbocycles. The summed E-state index contributed by atoms with van der Waals surface area (Å²) in [5.74, 6) is 5.12. The zero-order valence-electron chi connectivity index (χ0n) is 15.5. The molecular formula is C20H22FN5OS. The summed E-state index contributed by atoms with van der Waals surface area (Å²) in [7, 11) is 0. The average molecular weight is 399 g/mol. The summed E-state index contributed by atoms with van der Waals surface area (Å²) < 4.78 is 13.8. The number of aliphatic imine (C=N–C) groups is 1. The fourth-order valence-corrected chi connectivity index (χ4v) is 3.60. The molecule has 0 unspecified atom stereocenters. The molecule has 28 heavy (non-hydrogen) atoms. The lowest BCUT2D eigenvalue weighted by Gasteiger charge is -2.11. The van der Waals surface area contributed by atoms with Gasteiger partial charge in [0.1, 0.15) is 11.5 Å². The predicted molar refractivity (Wildman–Crippen MR) is 111 cm³/mol. The molecule has 0 atom stereocenters. The van der Waals surface area contributed by atoms with E-state index in [1.807, 2.05) is 0 Å². The first-order chi connectivity index (χ1) is 13.5. The Morgan fingerprint density at radius 2 is 2.07 bits per heavy atom. The molecule has 0 aromatic heterocycles. The van der Waals surface area contributed by atoms with Gasteiger partial charge in [-0.2, -0.15) is 0 Å². The van der Waals surface area contributed by atoms with E-state index in [0.717, 1.165) is 17.7 Å². The maximum absolute atomic E-state index is 13.8. The first-order valence-electron chi connectivity index (χ1n) is 8.95. The smallest absolute Gasteiger partial charge is 0.251 e. The first-order valence-corrected chi connectivity index (χ1v) is 9.76. The third-order valence-electron chi connectivity index (χ3n) is 4.21. The van der Waals surface area contributed by atoms with Crippen molar-refractivity contribution in [1.82, 2.24) is 10.7 Å². The monoisotopic (exact) mass is 399 g/mol. The Balaban J connectivity index is 2.04. The van der Waals surface area contributed by atoms with E-state index >= 15 is 0 Å². The standard InChI is InChI=1S/C20H22FN5OS/c1-2-3-9-24-20(27)13-7-8-16-15(11-13)25-17(18(26-23)19(22)28-16)12-5-4-6-14(21)10-12/h4-8,10-11,26H,2-3,9,22-23H2,1H3,(H,24,27). The fraction of sp³-hybridized carbons (Fsp3) is 0.200. The lowest BCUT2D eigenvalue weighted by Crippen LogP contribution is -2.29. The summed E-state index contributed by atoms with van der Waals surface area (Å²) >= 11 is 1.28. The SMILES string of the molecule is CCCCNC(=O)c1ccc2c(c1)N=C(c1cccc(F)c1)C(NN)=C(N)S2. The number of carbonyl (C=O) groups excluding carboxylic acids is 1. The van der Waals surface area contributed by atoms with Crippen molar-refractivity contribution in [3.05, 3.63) is 70.1 Å². The molecule has 0 saturated carbocycles. The molecule has 0 radical (unpaired) electrons. The molecule has 0 bridgehead atoms. The summed E-state index contributed by atoms with van der Waals surface area (Å²) in [6, 6.07) is 11.3. The average Bonchev–Trinajstić information content (AvgIpc) is 2.82. The van der Waals surface area contributed by atoms with Crippen molar-refractivity contribution in [3.63, 3.8) is 0 Å². The van der Waals surface area contributed by atoms with Crippen LogP contribution in [0.5, 0.6) is 0 Å². The normalized spacial score (nSPS) is 13.5. The van der Waals surface area contributed by atoms with Gasteiger partial charge in [-0.1, -0.05) is 37.2 Å². The van der Waals surface area contributed by atoms with Crippen molar-refractivity contribution in [2.24, 2.45) is 16.6 Å². The zero-order valence-corrected chi connectivity index (χ0v) is 16.3. The van der Waals surface area contributed by atoms with Crippen LogP contribution in [-0.2, 0) is 0 Å². The summed E-state index contributed by atoms with van der Waals surface area (Å²) in [6.45, 7) is 2.68. The van der Waals surface area contributed by atoms with Crippen LogP contribution in [0.15, 0.2) is 63.1 Å². The van der Waals surface area contributed by atoms with Crippen molar-refractivity contribution in [3.8, 4) is 0 Å². The number of nitrogens with one attached hydrogen (secondary N) is 2. The first kappa shape index (κ1) is 19.9. The Morgan fingerprint density at radius 3 is 2.79 bits per heavy atom. The van der Waals surface area contributed by atoms with Crippen LogP contribution >= 0.6 is 11.8 Å². The predicted octanol–water partition coefficient (Wildman–Crippen LogP) is 3.17. The zero-order chi connectivity index (χ0) is 20.1. The minimum absolute atomic E-state index is 0.161. The molecule has 3 rings (SSSR count). The Bertz CT molecular complexity index is 957. The Labute approximate surface area is 167 Å². The highest BCUT2D eigenvalue weighted by atomic mass is 32.2. The number of hydrogen-bond acceptors (Lipinski definition) is 6. The number of unbranched alkanes of at least 4 members (excludes halogenated alkanes) is 1. The van der Waals surface area contributed by atoms with E-state index in [0.29, 0.717) is 39.8 Å². The van der Waals surface area contributed by atoms with E-state index < -0.39 is 5.82 Å². The molecule has 1 heterocycles. The highest BCUT2D eigenvalue weighted by molar-refractivity contribution is 8.03. The van der Waals surface area contributed by atoms with Gasteiger partial charge in [0.05, 0.1) is 16.4 Å². The number of hydrogen-bond donors (Lipinski definition) is 4. The summed E-state index contributed by atoms with van der Waals surface area (Å²) in [5.41, 5.74) is 11.2. The van der Waals surface area contributed by atoms with E-state index in [1.165, 1.54) is 23.9 Å². The molecule has 6 N–H and O–H groups in total. The molecule has 146 valence electrons. The van der Waals surface area contributed by atoms with Crippen LogP contribution < -0.4 is 22.3 Å². The van der Waals surface area contributed by atoms with Gasteiger partial charge in [0.15, 0.2) is 0 Å². The van der Waals surface area contributed by atoms with Gasteiger partial charge >= 0.3 is 0 Å². The number of hydrazine groups is 1. The van der Waals surface area contributed by atoms with Crippen molar-refractivity contribution < 1.29 is 9.18 Å². The molecular weight excluding hydrogens is 377 g/mol. The number of halogens is 1. The number of carbonyl (C=O) groups is 1. The quantitative estimate of drug-likeness (QED) is 0.339. The number of nitrogens with zero attached hydrogens (tertiary/aromatic N) is 1. The van der Waals surface area contributed by atoms with Gasteiger partial charge in [-0.15, -0.1) is 0 Å². The summed E-state index contributed by atoms with van der Waals surface area (Å²) in [5, 5.41) is 3.30. The second-order valence-corrected chi connectivity index (χ2v) is 7.33. The Kier molecular flexibility index (Phi) is 6.33. The molecule has 1 aliphatic heterocycles. The molecule has 0 fully saturated rings. The molecule has 1 amide bonds. The van der Waals surface area contributed by atoms with Crippen molar-refractivity contribution >= 4 is 29.1 Å². The van der Waals surface area contributed by atoms with Crippen molar-refractivity contribution in [2.45, 2.75) is 24.7 Å². The van der Waals surface area contributed by atoms with Crippen LogP contribution in [0.2, 0.25) is 0 Å². The summed E-state index contributed by atoms with van der Waals surface area (Å²) in [4.78, 5) is 17.8. The van der Waals surface area contributed by atoms with Crippen LogP contribution in [0.3, 0.4) is 0 Å². The van der Waals surface area contributed by atoms with Gasteiger partial charge in [0.25, 0.3) is 5.91 Å². The molecule has 1 aliphatic rings. The molecule has 2 aromatic carbocycles. The van der Waals surface area contributed by atoms with E-state index in [1.54, 1.807) is 30.3 Å². The lowest BCUT2D eigenvalue weighted by atomic mass is 10.1. The second kappa shape index (κ2) is 8.90. The largest absolute Gasteiger partial charge is 0.391 e. The number of rotatable bonds is 6. The number of allylic oxidation sites excluding steroid dienone is 1. The minimum Gasteiger partial charge on any atom is -0.391 e. The second-order valence-electron chi connectivity index (χ2n) is 6.25. The topological polar surface area (TPSA) is 106 Å². The van der Waals surface area contributed by atoms with Gasteiger partial charge in [-0.05, 0) is 36.8 Å². The van der Waals surface area contributed by atoms with Crippen LogP contribution in [0.4, 0.5) is 10.1 Å². The molecule has 2 aromatic rings. The van der Waals surface area contributed by atoms with Crippen LogP contribution in [0, 0.1) is 5.82 Å². The molecule has 0 spiro atoms. The summed E-state index contributed by atoms with van der Waals surface area (Å²) in [6.07, 6.45) is 1.92. The van der Waals surface area contributed by atoms with Gasteiger partial charge in [0.2, 0.25) is 0 Å². The van der Waals surface area contributed by atoms with Crippen molar-refractivity contribution in [2.75, 3.05) is 6.54 Å². The maximum Gasteiger partial charge on any atom is 0.251 e. The van der Waals surface area contributed by atoms with E-state index in [4.69, 9.17) is 11.6 Å². The highest BCUT2D eigenvalue weighted by Gasteiger charge is 2.21. The molecule has 0 saturated heterocycles. The highest BCUT2D eigenvalue weighted by Crippen LogP contribution is 2.38. The third kappa shape index (κ3) is 4.35. The lowest BCUT2D eigenvalue weighted by molar-refractivity contribution is 0.0953. The van der Waals surface area contributed by atoms with Crippen LogP contribution in [0.25, 0.3) is 0 Å². The van der Waals surface area contributed by atoms with E-state index in [9.17, 15) is 9.18 Å². The van der Waals surface area contributed by atoms with Gasteiger partial charge < -0.3 is 16.5 Å². The number of nitrogens with two attached hydrogens (primary N) is 2. The maximum atomic E-state index is 13.8. The van der Waals surface area contributed by atoms with Gasteiger partial charge in [-0.25, -0.2) is 9.38 Å². The Hall–Kier alpha value is -2.84. The molecule has 6 nitrogen and oxygen atoms in total. The van der Waals surface area contributed by atoms with Crippen LogP contribution in [0.1, 0.15) is 35.7 Å².